The van der Waals surface area contributed by atoms with Crippen molar-refractivity contribution in [3.05, 3.63) is 23.9 Å². The van der Waals surface area contributed by atoms with Crippen LogP contribution in [0.1, 0.15) is 25.5 Å². The van der Waals surface area contributed by atoms with Gasteiger partial charge in [0.25, 0.3) is 0 Å². The van der Waals surface area contributed by atoms with Crippen molar-refractivity contribution in [1.82, 2.24) is 9.88 Å². The molecule has 1 aliphatic heterocycles. The predicted molar refractivity (Wildman–Crippen MR) is 78.9 cm³/mol. The molecule has 0 amide bonds. The summed E-state index contributed by atoms with van der Waals surface area (Å²) in [6.07, 6.45) is 1.71. The lowest BCUT2D eigenvalue weighted by atomic mass is 10.1. The lowest BCUT2D eigenvalue weighted by Gasteiger charge is -2.23. The smallest absolute Gasteiger partial charge is 0.320 e. The van der Waals surface area contributed by atoms with Crippen molar-refractivity contribution >= 4 is 11.8 Å². The van der Waals surface area contributed by atoms with E-state index in [1.165, 1.54) is 0 Å². The van der Waals surface area contributed by atoms with E-state index in [2.05, 4.69) is 15.2 Å². The summed E-state index contributed by atoms with van der Waals surface area (Å²) in [6, 6.07) is 5.59. The Balaban J connectivity index is 1.83. The second-order valence-corrected chi connectivity index (χ2v) is 5.46. The predicted octanol–water partition coefficient (Wildman–Crippen LogP) is 1.99. The van der Waals surface area contributed by atoms with Crippen molar-refractivity contribution < 1.29 is 9.90 Å². The number of pyridine rings is 1. The molecular weight excluding hydrogens is 254 g/mol. The Kier molecular flexibility index (Phi) is 4.95. The number of likely N-dealkylation sites (tertiary alicyclic amines) is 1. The summed E-state index contributed by atoms with van der Waals surface area (Å²) in [5.74, 6) is 0.681. The molecule has 1 aromatic rings. The molecule has 20 heavy (non-hydrogen) atoms. The van der Waals surface area contributed by atoms with E-state index in [1.54, 1.807) is 0 Å². The molecule has 0 aliphatic carbocycles. The third kappa shape index (κ3) is 3.70. The molecule has 0 unspecified atom stereocenters. The molecule has 5 nitrogen and oxygen atoms in total. The summed E-state index contributed by atoms with van der Waals surface area (Å²) < 4.78 is 0. The zero-order valence-corrected chi connectivity index (χ0v) is 12.2. The molecule has 1 fully saturated rings. The Labute approximate surface area is 120 Å². The van der Waals surface area contributed by atoms with Crippen molar-refractivity contribution in [2.75, 3.05) is 25.0 Å². The first-order valence-corrected chi connectivity index (χ1v) is 7.24. The van der Waals surface area contributed by atoms with Crippen molar-refractivity contribution in [1.29, 1.82) is 0 Å². The zero-order valence-electron chi connectivity index (χ0n) is 12.2. The second-order valence-electron chi connectivity index (χ2n) is 5.46. The average Bonchev–Trinajstić information content (AvgIpc) is 2.85. The average molecular weight is 277 g/mol. The highest BCUT2D eigenvalue weighted by Gasteiger charge is 2.30. The van der Waals surface area contributed by atoms with E-state index in [4.69, 9.17) is 0 Å². The molecule has 2 N–H and O–H groups in total. The maximum atomic E-state index is 11.2. The van der Waals surface area contributed by atoms with Gasteiger partial charge in [-0.2, -0.15) is 0 Å². The minimum Gasteiger partial charge on any atom is -0.480 e. The van der Waals surface area contributed by atoms with Gasteiger partial charge in [-0.25, -0.2) is 4.98 Å². The van der Waals surface area contributed by atoms with Crippen molar-refractivity contribution in [2.45, 2.75) is 32.7 Å². The van der Waals surface area contributed by atoms with E-state index < -0.39 is 5.97 Å². The van der Waals surface area contributed by atoms with E-state index >= 15 is 0 Å². The first-order valence-electron chi connectivity index (χ1n) is 7.24. The fraction of sp³-hybridized carbons (Fsp3) is 0.600. The summed E-state index contributed by atoms with van der Waals surface area (Å²) in [4.78, 5) is 17.7. The van der Waals surface area contributed by atoms with Crippen LogP contribution in [0.2, 0.25) is 0 Å². The molecule has 0 bridgehead atoms. The normalized spacial score (nSPS) is 20.8. The van der Waals surface area contributed by atoms with Crippen LogP contribution in [0.4, 0.5) is 5.82 Å². The van der Waals surface area contributed by atoms with Crippen LogP contribution in [-0.4, -0.2) is 46.6 Å². The van der Waals surface area contributed by atoms with E-state index in [9.17, 15) is 9.90 Å². The van der Waals surface area contributed by atoms with Crippen LogP contribution >= 0.6 is 0 Å². The van der Waals surface area contributed by atoms with Crippen LogP contribution in [0.15, 0.2) is 18.2 Å². The number of carboxylic acids is 1. The Morgan fingerprint density at radius 1 is 1.60 bits per heavy atom. The van der Waals surface area contributed by atoms with Crippen molar-refractivity contribution in [3.63, 3.8) is 0 Å². The highest BCUT2D eigenvalue weighted by Crippen LogP contribution is 2.20. The number of nitrogens with one attached hydrogen (secondary N) is 1. The number of aliphatic carboxylic acids is 1. The van der Waals surface area contributed by atoms with Gasteiger partial charge < -0.3 is 10.4 Å². The number of carboxylic acid groups (broad SMARTS) is 1. The van der Waals surface area contributed by atoms with Gasteiger partial charge in [0.05, 0.1) is 0 Å². The third-order valence-corrected chi connectivity index (χ3v) is 3.89. The number of carbonyl (C=O) groups is 1. The minimum atomic E-state index is -0.707. The number of hydrogen-bond donors (Lipinski definition) is 2. The van der Waals surface area contributed by atoms with Crippen LogP contribution in [0.3, 0.4) is 0 Å². The molecule has 5 heteroatoms. The molecule has 1 saturated heterocycles. The maximum Gasteiger partial charge on any atom is 0.320 e. The van der Waals surface area contributed by atoms with Crippen LogP contribution in [0.25, 0.3) is 0 Å². The van der Waals surface area contributed by atoms with Crippen LogP contribution in [-0.2, 0) is 4.79 Å². The summed E-state index contributed by atoms with van der Waals surface area (Å²) in [6.45, 7) is 6.48. The Morgan fingerprint density at radius 3 is 3.05 bits per heavy atom. The molecular formula is C15H23N3O2. The van der Waals surface area contributed by atoms with Gasteiger partial charge in [0.2, 0.25) is 0 Å². The topological polar surface area (TPSA) is 65.5 Å². The first kappa shape index (κ1) is 14.8. The second kappa shape index (κ2) is 6.70. The highest BCUT2D eigenvalue weighted by atomic mass is 16.4. The van der Waals surface area contributed by atoms with Crippen molar-refractivity contribution in [3.8, 4) is 0 Å². The first-order chi connectivity index (χ1) is 9.60. The lowest BCUT2D eigenvalue weighted by molar-refractivity contribution is -0.143. The van der Waals surface area contributed by atoms with Gasteiger partial charge in [-0.05, 0) is 44.4 Å². The molecule has 0 saturated carbocycles. The van der Waals surface area contributed by atoms with Crippen molar-refractivity contribution in [2.24, 2.45) is 5.92 Å². The number of anilines is 1. The van der Waals surface area contributed by atoms with Crippen LogP contribution < -0.4 is 5.32 Å². The van der Waals surface area contributed by atoms with Crippen LogP contribution in [0.5, 0.6) is 0 Å². The van der Waals surface area contributed by atoms with E-state index in [0.29, 0.717) is 12.3 Å². The molecule has 0 radical (unpaired) electrons. The largest absolute Gasteiger partial charge is 0.480 e. The van der Waals surface area contributed by atoms with Crippen LogP contribution in [0, 0.1) is 12.8 Å². The Bertz CT molecular complexity index is 464. The Hall–Kier alpha value is -1.62. The maximum absolute atomic E-state index is 11.2. The monoisotopic (exact) mass is 277 g/mol. The number of nitrogens with zero attached hydrogens (tertiary/aromatic N) is 2. The third-order valence-electron chi connectivity index (χ3n) is 3.89. The van der Waals surface area contributed by atoms with Gasteiger partial charge in [0.1, 0.15) is 11.9 Å². The molecule has 2 atom stereocenters. The summed E-state index contributed by atoms with van der Waals surface area (Å²) in [7, 11) is 0. The zero-order chi connectivity index (χ0) is 14.5. The highest BCUT2D eigenvalue weighted by molar-refractivity contribution is 5.73. The molecule has 2 rings (SSSR count). The van der Waals surface area contributed by atoms with Gasteiger partial charge in [-0.1, -0.05) is 13.0 Å². The van der Waals surface area contributed by atoms with Gasteiger partial charge in [0.15, 0.2) is 0 Å². The fourth-order valence-corrected chi connectivity index (χ4v) is 2.79. The molecule has 2 heterocycles. The standard InChI is InChI=1S/C15H23N3O2/c1-3-13(15(19)20)18-8-7-12(10-18)9-16-14-6-4-5-11(2)17-14/h4-6,12-13H,3,7-10H2,1-2H3,(H,16,17)(H,19,20)/t12-,13-/m0/s1. The van der Waals surface area contributed by atoms with Gasteiger partial charge in [-0.3, -0.25) is 9.69 Å². The quantitative estimate of drug-likeness (QED) is 0.832. The number of aryl methyl sites for hydroxylation is 1. The summed E-state index contributed by atoms with van der Waals surface area (Å²) in [5.41, 5.74) is 1.000. The molecule has 1 aliphatic rings. The number of hydrogen-bond acceptors (Lipinski definition) is 4. The molecule has 1 aromatic heterocycles. The van der Waals surface area contributed by atoms with Gasteiger partial charge >= 0.3 is 5.97 Å². The Morgan fingerprint density at radius 2 is 2.40 bits per heavy atom. The molecule has 0 aromatic carbocycles. The summed E-state index contributed by atoms with van der Waals surface area (Å²) >= 11 is 0. The minimum absolute atomic E-state index is 0.336. The number of rotatable bonds is 6. The van der Waals surface area contributed by atoms with E-state index in [0.717, 1.165) is 37.6 Å². The fourth-order valence-electron chi connectivity index (χ4n) is 2.79. The van der Waals surface area contributed by atoms with Gasteiger partial charge in [-0.15, -0.1) is 0 Å². The SMILES string of the molecule is CC[C@@H](C(=O)O)N1CC[C@@H](CNc2cccc(C)n2)C1. The van der Waals surface area contributed by atoms with Gasteiger partial charge in [0, 0.05) is 18.8 Å². The van der Waals surface area contributed by atoms with E-state index in [-0.39, 0.29) is 6.04 Å². The number of aromatic nitrogens is 1. The summed E-state index contributed by atoms with van der Waals surface area (Å²) in [5, 5.41) is 12.5. The molecule has 0 spiro atoms. The lowest BCUT2D eigenvalue weighted by Crippen LogP contribution is -2.39. The molecule has 110 valence electrons. The van der Waals surface area contributed by atoms with E-state index in [1.807, 2.05) is 32.0 Å².